The Bertz CT molecular complexity index is 1020. The lowest BCUT2D eigenvalue weighted by atomic mass is 10.2. The van der Waals surface area contributed by atoms with Gasteiger partial charge in [0.05, 0.1) is 10.6 Å². The van der Waals surface area contributed by atoms with Gasteiger partial charge in [0.25, 0.3) is 5.91 Å². The first kappa shape index (κ1) is 18.5. The summed E-state index contributed by atoms with van der Waals surface area (Å²) < 4.78 is 32.4. The summed E-state index contributed by atoms with van der Waals surface area (Å²) in [4.78, 5) is 24.4. The number of hydrogen-bond acceptors (Lipinski definition) is 5. The van der Waals surface area contributed by atoms with Crippen molar-refractivity contribution in [1.82, 2.24) is 4.31 Å². The Kier molecular flexibility index (Phi) is 4.78. The second kappa shape index (κ2) is 7.25. The molecule has 1 fully saturated rings. The van der Waals surface area contributed by atoms with Gasteiger partial charge in [-0.25, -0.2) is 8.42 Å². The molecule has 2 aromatic carbocycles. The fraction of sp³-hybridized carbons (Fsp3) is 0.263. The van der Waals surface area contributed by atoms with Crippen LogP contribution in [0.4, 0.5) is 11.4 Å². The molecule has 2 aromatic rings. The third kappa shape index (κ3) is 3.46. The average molecular weight is 401 g/mol. The Morgan fingerprint density at radius 1 is 1.18 bits per heavy atom. The highest BCUT2D eigenvalue weighted by Gasteiger charge is 2.39. The van der Waals surface area contributed by atoms with Crippen LogP contribution in [0.25, 0.3) is 0 Å². The largest absolute Gasteiger partial charge is 0.482 e. The predicted molar refractivity (Wildman–Crippen MR) is 103 cm³/mol. The highest BCUT2D eigenvalue weighted by atomic mass is 32.2. The van der Waals surface area contributed by atoms with Crippen LogP contribution in [0.2, 0.25) is 0 Å². The molecule has 2 aliphatic heterocycles. The third-order valence-electron chi connectivity index (χ3n) is 4.74. The van der Waals surface area contributed by atoms with Crippen LogP contribution in [0.15, 0.2) is 53.4 Å². The molecule has 0 aliphatic carbocycles. The van der Waals surface area contributed by atoms with Crippen molar-refractivity contribution >= 4 is 33.2 Å². The number of anilines is 2. The maximum atomic E-state index is 12.9. The number of carbonyl (C=O) groups excluding carboxylic acids is 2. The van der Waals surface area contributed by atoms with E-state index < -0.39 is 22.0 Å². The molecule has 0 unspecified atom stereocenters. The third-order valence-corrected chi connectivity index (χ3v) is 6.66. The summed E-state index contributed by atoms with van der Waals surface area (Å²) in [6, 6.07) is 12.2. The molecule has 2 aliphatic rings. The molecule has 2 N–H and O–H groups in total. The number of nitrogens with zero attached hydrogens (tertiary/aromatic N) is 1. The van der Waals surface area contributed by atoms with Gasteiger partial charge in [0.15, 0.2) is 6.61 Å². The van der Waals surface area contributed by atoms with E-state index in [1.54, 1.807) is 36.4 Å². The summed E-state index contributed by atoms with van der Waals surface area (Å²) in [5, 5.41) is 5.43. The van der Waals surface area contributed by atoms with Crippen molar-refractivity contribution in [3.63, 3.8) is 0 Å². The average Bonchev–Trinajstić information content (AvgIpc) is 3.19. The van der Waals surface area contributed by atoms with Crippen LogP contribution >= 0.6 is 0 Å². The van der Waals surface area contributed by atoms with Crippen molar-refractivity contribution in [3.8, 4) is 5.75 Å². The topological polar surface area (TPSA) is 105 Å². The molecule has 8 nitrogen and oxygen atoms in total. The number of nitrogens with one attached hydrogen (secondary N) is 2. The zero-order valence-electron chi connectivity index (χ0n) is 14.9. The van der Waals surface area contributed by atoms with Crippen LogP contribution in [0.1, 0.15) is 12.8 Å². The Morgan fingerprint density at radius 2 is 1.96 bits per heavy atom. The van der Waals surface area contributed by atoms with E-state index in [2.05, 4.69) is 10.6 Å². The molecule has 0 saturated carbocycles. The van der Waals surface area contributed by atoms with Crippen molar-refractivity contribution in [1.29, 1.82) is 0 Å². The highest BCUT2D eigenvalue weighted by Crippen LogP contribution is 2.31. The van der Waals surface area contributed by atoms with Crippen LogP contribution in [-0.4, -0.2) is 43.7 Å². The Morgan fingerprint density at radius 3 is 2.75 bits per heavy atom. The number of hydrogen-bond donors (Lipinski definition) is 2. The van der Waals surface area contributed by atoms with E-state index in [-0.39, 0.29) is 17.4 Å². The van der Waals surface area contributed by atoms with Gasteiger partial charge >= 0.3 is 0 Å². The van der Waals surface area contributed by atoms with E-state index in [4.69, 9.17) is 4.74 Å². The molecular weight excluding hydrogens is 382 g/mol. The number of fused-ring (bicyclic) bond motifs is 1. The van der Waals surface area contributed by atoms with Crippen LogP contribution in [0, 0.1) is 0 Å². The molecule has 2 amide bonds. The molecule has 0 aromatic heterocycles. The molecule has 0 radical (unpaired) electrons. The Hall–Kier alpha value is -2.91. The Labute approximate surface area is 162 Å². The maximum Gasteiger partial charge on any atom is 0.262 e. The standard InChI is InChI=1S/C19H19N3O5S/c23-18-12-27-17-9-8-13(11-15(17)21-18)20-19(24)16-7-4-10-22(16)28(25,26)14-5-2-1-3-6-14/h1-3,5-6,8-9,11,16H,4,7,10,12H2,(H,20,24)(H,21,23)/t16-/m0/s1. The minimum absolute atomic E-state index is 0.0485. The molecule has 28 heavy (non-hydrogen) atoms. The van der Waals surface area contributed by atoms with Crippen LogP contribution in [0.5, 0.6) is 5.75 Å². The first-order valence-corrected chi connectivity index (χ1v) is 10.3. The van der Waals surface area contributed by atoms with E-state index in [9.17, 15) is 18.0 Å². The minimum atomic E-state index is -3.75. The van der Waals surface area contributed by atoms with Gasteiger partial charge in [0, 0.05) is 12.2 Å². The number of ether oxygens (including phenoxy) is 1. The zero-order chi connectivity index (χ0) is 19.7. The van der Waals surface area contributed by atoms with Gasteiger partial charge in [0.1, 0.15) is 11.8 Å². The number of benzene rings is 2. The number of carbonyl (C=O) groups is 2. The van der Waals surface area contributed by atoms with Crippen molar-refractivity contribution in [2.75, 3.05) is 23.8 Å². The fourth-order valence-electron chi connectivity index (χ4n) is 3.40. The lowest BCUT2D eigenvalue weighted by molar-refractivity contribution is -0.119. The van der Waals surface area contributed by atoms with Crippen molar-refractivity contribution in [3.05, 3.63) is 48.5 Å². The normalized spacial score (nSPS) is 19.4. The van der Waals surface area contributed by atoms with Crippen LogP contribution < -0.4 is 15.4 Å². The summed E-state index contributed by atoms with van der Waals surface area (Å²) in [5.41, 5.74) is 0.924. The number of sulfonamides is 1. The fourth-order valence-corrected chi connectivity index (χ4v) is 5.08. The number of rotatable bonds is 4. The van der Waals surface area contributed by atoms with Crippen molar-refractivity contribution < 1.29 is 22.7 Å². The quantitative estimate of drug-likeness (QED) is 0.813. The molecule has 146 valence electrons. The summed E-state index contributed by atoms with van der Waals surface area (Å²) >= 11 is 0. The predicted octanol–water partition coefficient (Wildman–Crippen LogP) is 1.81. The summed E-state index contributed by atoms with van der Waals surface area (Å²) in [5.74, 6) is -0.154. The van der Waals surface area contributed by atoms with Gasteiger partial charge in [-0.15, -0.1) is 0 Å². The highest BCUT2D eigenvalue weighted by molar-refractivity contribution is 7.89. The van der Waals surface area contributed by atoms with E-state index in [1.807, 2.05) is 0 Å². The molecule has 2 heterocycles. The molecule has 9 heteroatoms. The first-order valence-electron chi connectivity index (χ1n) is 8.89. The molecule has 1 saturated heterocycles. The summed E-state index contributed by atoms with van der Waals surface area (Å²) in [6.45, 7) is 0.247. The summed E-state index contributed by atoms with van der Waals surface area (Å²) in [6.07, 6.45) is 1.06. The monoisotopic (exact) mass is 401 g/mol. The van der Waals surface area contributed by atoms with Gasteiger partial charge in [-0.05, 0) is 43.2 Å². The second-order valence-electron chi connectivity index (χ2n) is 6.62. The van der Waals surface area contributed by atoms with Gasteiger partial charge in [-0.2, -0.15) is 4.31 Å². The van der Waals surface area contributed by atoms with E-state index in [0.29, 0.717) is 36.5 Å². The molecule has 0 spiro atoms. The van der Waals surface area contributed by atoms with E-state index >= 15 is 0 Å². The van der Waals surface area contributed by atoms with Crippen molar-refractivity contribution in [2.45, 2.75) is 23.8 Å². The second-order valence-corrected chi connectivity index (χ2v) is 8.51. The molecule has 0 bridgehead atoms. The van der Waals surface area contributed by atoms with Gasteiger partial charge in [0.2, 0.25) is 15.9 Å². The van der Waals surface area contributed by atoms with Gasteiger partial charge < -0.3 is 15.4 Å². The molecule has 1 atom stereocenters. The van der Waals surface area contributed by atoms with Gasteiger partial charge in [-0.1, -0.05) is 18.2 Å². The SMILES string of the molecule is O=C1COc2ccc(NC(=O)[C@@H]3CCCN3S(=O)(=O)c3ccccc3)cc2N1. The summed E-state index contributed by atoms with van der Waals surface area (Å²) in [7, 11) is -3.75. The smallest absolute Gasteiger partial charge is 0.262 e. The van der Waals surface area contributed by atoms with E-state index in [1.165, 1.54) is 16.4 Å². The maximum absolute atomic E-state index is 12.9. The first-order chi connectivity index (χ1) is 13.4. The zero-order valence-corrected chi connectivity index (χ0v) is 15.7. The van der Waals surface area contributed by atoms with Crippen LogP contribution in [0.3, 0.4) is 0 Å². The van der Waals surface area contributed by atoms with Crippen LogP contribution in [-0.2, 0) is 19.6 Å². The van der Waals surface area contributed by atoms with E-state index in [0.717, 1.165) is 0 Å². The lowest BCUT2D eigenvalue weighted by Crippen LogP contribution is -2.43. The minimum Gasteiger partial charge on any atom is -0.482 e. The molecular formula is C19H19N3O5S. The van der Waals surface area contributed by atoms with Crippen molar-refractivity contribution in [2.24, 2.45) is 0 Å². The Balaban J connectivity index is 1.53. The van der Waals surface area contributed by atoms with Gasteiger partial charge in [-0.3, -0.25) is 9.59 Å². The lowest BCUT2D eigenvalue weighted by Gasteiger charge is -2.24. The molecule has 4 rings (SSSR count). The number of amides is 2.